The maximum Gasteiger partial charge on any atom is 0.245 e. The van der Waals surface area contributed by atoms with Gasteiger partial charge in [0.05, 0.1) is 0 Å². The summed E-state index contributed by atoms with van der Waals surface area (Å²) in [7, 11) is 3.47. The van der Waals surface area contributed by atoms with Gasteiger partial charge in [-0.25, -0.2) is 0 Å². The second-order valence-electron chi connectivity index (χ2n) is 2.50. The summed E-state index contributed by atoms with van der Waals surface area (Å²) >= 11 is 0. The summed E-state index contributed by atoms with van der Waals surface area (Å²) in [4.78, 5) is 12.5. The van der Waals surface area contributed by atoms with E-state index in [0.717, 1.165) is 12.8 Å². The van der Waals surface area contributed by atoms with Gasteiger partial charge in [0.2, 0.25) is 5.91 Å². The largest absolute Gasteiger partial charge is 0.345 e. The average molecular weight is 153 g/mol. The molecule has 0 aromatic heterocycles. The smallest absolute Gasteiger partial charge is 0.245 e. The minimum Gasteiger partial charge on any atom is -0.345 e. The molecular weight excluding hydrogens is 138 g/mol. The third kappa shape index (κ3) is 5.40. The fourth-order valence-electron chi connectivity index (χ4n) is 0.547. The zero-order valence-electron chi connectivity index (χ0n) is 7.21. The number of likely N-dealkylation sites (N-methyl/N-ethyl adjacent to an activating group) is 1. The van der Waals surface area contributed by atoms with E-state index in [1.807, 2.05) is 12.2 Å². The molecule has 0 fully saturated rings. The van der Waals surface area contributed by atoms with Gasteiger partial charge in [-0.05, 0) is 18.9 Å². The molecule has 0 heterocycles. The second-order valence-corrected chi connectivity index (χ2v) is 2.50. The quantitative estimate of drug-likeness (QED) is 0.341. The van der Waals surface area contributed by atoms with Gasteiger partial charge in [-0.15, -0.1) is 6.58 Å². The van der Waals surface area contributed by atoms with Crippen molar-refractivity contribution in [2.75, 3.05) is 14.1 Å². The van der Waals surface area contributed by atoms with Crippen LogP contribution in [-0.2, 0) is 4.79 Å². The summed E-state index contributed by atoms with van der Waals surface area (Å²) in [5.41, 5.74) is 0. The van der Waals surface area contributed by atoms with Crippen molar-refractivity contribution >= 4 is 5.91 Å². The Morgan fingerprint density at radius 2 is 2.09 bits per heavy atom. The lowest BCUT2D eigenvalue weighted by Crippen LogP contribution is -2.18. The van der Waals surface area contributed by atoms with E-state index in [4.69, 9.17) is 0 Å². The molecule has 0 aliphatic carbocycles. The molecule has 2 heteroatoms. The van der Waals surface area contributed by atoms with Crippen LogP contribution in [0.25, 0.3) is 0 Å². The molecule has 0 aromatic carbocycles. The molecule has 0 saturated heterocycles. The molecule has 0 N–H and O–H groups in total. The fraction of sp³-hybridized carbons (Fsp3) is 0.444. The van der Waals surface area contributed by atoms with Gasteiger partial charge < -0.3 is 4.90 Å². The third-order valence-corrected chi connectivity index (χ3v) is 1.24. The molecule has 11 heavy (non-hydrogen) atoms. The fourth-order valence-corrected chi connectivity index (χ4v) is 0.547. The monoisotopic (exact) mass is 153 g/mol. The molecule has 0 radical (unpaired) electrons. The number of amides is 1. The van der Waals surface area contributed by atoms with Crippen LogP contribution < -0.4 is 0 Å². The Bertz CT molecular complexity index is 159. The van der Waals surface area contributed by atoms with Crippen LogP contribution in [0.1, 0.15) is 12.8 Å². The maximum atomic E-state index is 10.9. The number of nitrogens with zero attached hydrogens (tertiary/aromatic N) is 1. The lowest BCUT2D eigenvalue weighted by atomic mass is 10.3. The Kier molecular flexibility index (Phi) is 5.17. The van der Waals surface area contributed by atoms with Crippen LogP contribution in [0, 0.1) is 0 Å². The predicted octanol–water partition coefficient (Wildman–Crippen LogP) is 1.60. The molecular formula is C9H15NO. The molecule has 0 unspecified atom stereocenters. The zero-order chi connectivity index (χ0) is 8.69. The van der Waals surface area contributed by atoms with Crippen LogP contribution in [0.4, 0.5) is 0 Å². The standard InChI is InChI=1S/C9H15NO/c1-4-5-6-7-8-9(11)10(2)3/h4,7-8H,1,5-6H2,2-3H3/b8-7+. The first-order valence-electron chi connectivity index (χ1n) is 3.67. The number of carbonyl (C=O) groups excluding carboxylic acids is 1. The number of rotatable bonds is 4. The minimum atomic E-state index is 0.0362. The first-order chi connectivity index (χ1) is 5.18. The van der Waals surface area contributed by atoms with Gasteiger partial charge in [0.25, 0.3) is 0 Å². The van der Waals surface area contributed by atoms with Gasteiger partial charge in [0.1, 0.15) is 0 Å². The van der Waals surface area contributed by atoms with Gasteiger partial charge in [-0.2, -0.15) is 0 Å². The summed E-state index contributed by atoms with van der Waals surface area (Å²) in [6, 6.07) is 0. The SMILES string of the molecule is C=CCC/C=C/C(=O)N(C)C. The van der Waals surface area contributed by atoms with Crippen LogP contribution in [0.15, 0.2) is 24.8 Å². The summed E-state index contributed by atoms with van der Waals surface area (Å²) in [6.45, 7) is 3.58. The Morgan fingerprint density at radius 3 is 2.55 bits per heavy atom. The number of hydrogen-bond acceptors (Lipinski definition) is 1. The van der Waals surface area contributed by atoms with E-state index in [1.54, 1.807) is 25.1 Å². The summed E-state index contributed by atoms with van der Waals surface area (Å²) in [6.07, 6.45) is 7.11. The Labute approximate surface area is 68.2 Å². The molecule has 62 valence electrons. The van der Waals surface area contributed by atoms with Gasteiger partial charge in [-0.1, -0.05) is 12.2 Å². The van der Waals surface area contributed by atoms with Gasteiger partial charge in [0.15, 0.2) is 0 Å². The molecule has 0 saturated carbocycles. The molecule has 0 rings (SSSR count). The van der Waals surface area contributed by atoms with Crippen molar-refractivity contribution < 1.29 is 4.79 Å². The van der Waals surface area contributed by atoms with Crippen LogP contribution in [0.5, 0.6) is 0 Å². The van der Waals surface area contributed by atoms with E-state index in [9.17, 15) is 4.79 Å². The van der Waals surface area contributed by atoms with Crippen molar-refractivity contribution in [2.45, 2.75) is 12.8 Å². The highest BCUT2D eigenvalue weighted by Gasteiger charge is 1.94. The Hall–Kier alpha value is -1.05. The third-order valence-electron chi connectivity index (χ3n) is 1.24. The highest BCUT2D eigenvalue weighted by atomic mass is 16.2. The highest BCUT2D eigenvalue weighted by molar-refractivity contribution is 5.87. The normalized spacial score (nSPS) is 10.0. The number of allylic oxidation sites excluding steroid dienone is 2. The summed E-state index contributed by atoms with van der Waals surface area (Å²) in [5.74, 6) is 0.0362. The number of hydrogen-bond donors (Lipinski definition) is 0. The Morgan fingerprint density at radius 1 is 1.45 bits per heavy atom. The second kappa shape index (κ2) is 5.71. The first-order valence-corrected chi connectivity index (χ1v) is 3.67. The number of unbranched alkanes of at least 4 members (excludes halogenated alkanes) is 1. The summed E-state index contributed by atoms with van der Waals surface area (Å²) in [5, 5.41) is 0. The average Bonchev–Trinajstić information content (AvgIpc) is 1.97. The van der Waals surface area contributed by atoms with Gasteiger partial charge in [0, 0.05) is 14.1 Å². The predicted molar refractivity (Wildman–Crippen MR) is 47.3 cm³/mol. The van der Waals surface area contributed by atoms with E-state index < -0.39 is 0 Å². The summed E-state index contributed by atoms with van der Waals surface area (Å²) < 4.78 is 0. The highest BCUT2D eigenvalue weighted by Crippen LogP contribution is 1.91. The van der Waals surface area contributed by atoms with Crippen LogP contribution >= 0.6 is 0 Å². The van der Waals surface area contributed by atoms with E-state index in [-0.39, 0.29) is 5.91 Å². The van der Waals surface area contributed by atoms with Crippen LogP contribution in [-0.4, -0.2) is 24.9 Å². The van der Waals surface area contributed by atoms with E-state index >= 15 is 0 Å². The zero-order valence-corrected chi connectivity index (χ0v) is 7.21. The van der Waals surface area contributed by atoms with E-state index in [2.05, 4.69) is 6.58 Å². The van der Waals surface area contributed by atoms with Crippen molar-refractivity contribution in [1.29, 1.82) is 0 Å². The minimum absolute atomic E-state index is 0.0362. The van der Waals surface area contributed by atoms with Crippen molar-refractivity contribution in [3.05, 3.63) is 24.8 Å². The molecule has 1 amide bonds. The molecule has 2 nitrogen and oxygen atoms in total. The van der Waals surface area contributed by atoms with Crippen molar-refractivity contribution in [3.63, 3.8) is 0 Å². The molecule has 0 bridgehead atoms. The lowest BCUT2D eigenvalue weighted by molar-refractivity contribution is -0.123. The molecule has 0 aromatic rings. The van der Waals surface area contributed by atoms with Gasteiger partial charge in [-0.3, -0.25) is 4.79 Å². The topological polar surface area (TPSA) is 20.3 Å². The van der Waals surface area contributed by atoms with Crippen LogP contribution in [0.2, 0.25) is 0 Å². The van der Waals surface area contributed by atoms with E-state index in [1.165, 1.54) is 0 Å². The van der Waals surface area contributed by atoms with Crippen LogP contribution in [0.3, 0.4) is 0 Å². The number of carbonyl (C=O) groups is 1. The van der Waals surface area contributed by atoms with E-state index in [0.29, 0.717) is 0 Å². The van der Waals surface area contributed by atoms with Crippen molar-refractivity contribution in [2.24, 2.45) is 0 Å². The van der Waals surface area contributed by atoms with Crippen molar-refractivity contribution in [3.8, 4) is 0 Å². The molecule has 0 aliphatic heterocycles. The van der Waals surface area contributed by atoms with Gasteiger partial charge >= 0.3 is 0 Å². The first kappa shape index (κ1) is 9.95. The molecule has 0 aliphatic rings. The lowest BCUT2D eigenvalue weighted by Gasteiger charge is -2.04. The molecule has 0 spiro atoms. The maximum absolute atomic E-state index is 10.9. The Balaban J connectivity index is 3.56. The van der Waals surface area contributed by atoms with Crippen molar-refractivity contribution in [1.82, 2.24) is 4.90 Å². The molecule has 0 atom stereocenters.